The molecule has 1 aliphatic carbocycles. The number of H-pyrrole nitrogens is 1. The second kappa shape index (κ2) is 4.78. The predicted molar refractivity (Wildman–Crippen MR) is 77.8 cm³/mol. The number of hydrogen-bond donors (Lipinski definition) is 2. The van der Waals surface area contributed by atoms with Gasteiger partial charge in [-0.05, 0) is 43.9 Å². The average Bonchev–Trinajstić information content (AvgIpc) is 2.82. The smallest absolute Gasteiger partial charge is 0.307 e. The Morgan fingerprint density at radius 3 is 2.80 bits per heavy atom. The van der Waals surface area contributed by atoms with Crippen LogP contribution in [0.15, 0.2) is 24.3 Å². The second-order valence-corrected chi connectivity index (χ2v) is 5.59. The summed E-state index contributed by atoms with van der Waals surface area (Å²) in [6.07, 6.45) is 5.31. The molecule has 0 saturated heterocycles. The van der Waals surface area contributed by atoms with Crippen LogP contribution in [0.2, 0.25) is 0 Å². The second-order valence-electron chi connectivity index (χ2n) is 5.59. The molecule has 2 atom stereocenters. The minimum atomic E-state index is -0.743. The highest BCUT2D eigenvalue weighted by Crippen LogP contribution is 2.34. The maximum absolute atomic E-state index is 11.4. The van der Waals surface area contributed by atoms with E-state index in [1.807, 2.05) is 13.0 Å². The van der Waals surface area contributed by atoms with E-state index >= 15 is 0 Å². The maximum atomic E-state index is 11.4. The van der Waals surface area contributed by atoms with Crippen molar-refractivity contribution in [1.29, 1.82) is 0 Å². The Bertz CT molecular complexity index is 700. The molecule has 0 aliphatic heterocycles. The largest absolute Gasteiger partial charge is 0.481 e. The first-order chi connectivity index (χ1) is 9.56. The van der Waals surface area contributed by atoms with Crippen molar-refractivity contribution >= 4 is 17.0 Å². The van der Waals surface area contributed by atoms with Crippen molar-refractivity contribution in [2.24, 2.45) is 5.92 Å². The molecule has 3 rings (SSSR count). The molecule has 2 aromatic rings. The molecule has 0 radical (unpaired) electrons. The number of benzene rings is 1. The number of allylic oxidation sites excluding steroid dienone is 2. The van der Waals surface area contributed by atoms with E-state index in [1.54, 1.807) is 0 Å². The SMILES string of the molecule is Cc1cc(C)c2nc([C@@H]3CC=CC[C@@H]3C(=O)O)[nH]c2c1. The molecular weight excluding hydrogens is 252 g/mol. The van der Waals surface area contributed by atoms with Gasteiger partial charge in [-0.2, -0.15) is 0 Å². The van der Waals surface area contributed by atoms with Gasteiger partial charge >= 0.3 is 5.97 Å². The van der Waals surface area contributed by atoms with Crippen molar-refractivity contribution in [3.63, 3.8) is 0 Å². The van der Waals surface area contributed by atoms with Gasteiger partial charge in [0.05, 0.1) is 17.0 Å². The van der Waals surface area contributed by atoms with E-state index < -0.39 is 5.97 Å². The first-order valence-electron chi connectivity index (χ1n) is 6.91. The number of fused-ring (bicyclic) bond motifs is 1. The van der Waals surface area contributed by atoms with Crippen molar-refractivity contribution in [2.45, 2.75) is 32.6 Å². The predicted octanol–water partition coefficient (Wildman–Crippen LogP) is 3.31. The van der Waals surface area contributed by atoms with Gasteiger partial charge in [-0.1, -0.05) is 18.2 Å². The van der Waals surface area contributed by atoms with Gasteiger partial charge in [-0.3, -0.25) is 4.79 Å². The van der Waals surface area contributed by atoms with E-state index in [4.69, 9.17) is 0 Å². The highest BCUT2D eigenvalue weighted by molar-refractivity contribution is 5.80. The lowest BCUT2D eigenvalue weighted by molar-refractivity contribution is -0.142. The third kappa shape index (κ3) is 2.11. The van der Waals surface area contributed by atoms with E-state index in [-0.39, 0.29) is 11.8 Å². The van der Waals surface area contributed by atoms with Crippen molar-refractivity contribution < 1.29 is 9.90 Å². The molecule has 20 heavy (non-hydrogen) atoms. The summed E-state index contributed by atoms with van der Waals surface area (Å²) in [7, 11) is 0. The van der Waals surface area contributed by atoms with Crippen LogP contribution >= 0.6 is 0 Å². The fourth-order valence-corrected chi connectivity index (χ4v) is 3.05. The molecule has 0 fully saturated rings. The Labute approximate surface area is 117 Å². The van der Waals surface area contributed by atoms with Gasteiger partial charge in [-0.25, -0.2) is 4.98 Å². The Morgan fingerprint density at radius 1 is 1.30 bits per heavy atom. The van der Waals surface area contributed by atoms with Crippen molar-refractivity contribution in [1.82, 2.24) is 9.97 Å². The molecule has 4 nitrogen and oxygen atoms in total. The lowest BCUT2D eigenvalue weighted by atomic mass is 9.82. The van der Waals surface area contributed by atoms with E-state index in [0.29, 0.717) is 6.42 Å². The van der Waals surface area contributed by atoms with E-state index in [2.05, 4.69) is 35.1 Å². The molecule has 2 N–H and O–H groups in total. The van der Waals surface area contributed by atoms with Crippen LogP contribution in [0.1, 0.15) is 35.7 Å². The average molecular weight is 270 g/mol. The van der Waals surface area contributed by atoms with Gasteiger partial charge < -0.3 is 10.1 Å². The first-order valence-corrected chi connectivity index (χ1v) is 6.91. The third-order valence-electron chi connectivity index (χ3n) is 4.04. The fourth-order valence-electron chi connectivity index (χ4n) is 3.05. The number of rotatable bonds is 2. The Morgan fingerprint density at radius 2 is 2.05 bits per heavy atom. The minimum Gasteiger partial charge on any atom is -0.481 e. The number of nitrogens with one attached hydrogen (secondary N) is 1. The van der Waals surface area contributed by atoms with E-state index in [1.165, 1.54) is 5.56 Å². The van der Waals surface area contributed by atoms with Gasteiger partial charge in [0.1, 0.15) is 5.82 Å². The number of aryl methyl sites for hydroxylation is 2. The number of hydrogen-bond acceptors (Lipinski definition) is 2. The lowest BCUT2D eigenvalue weighted by Gasteiger charge is -2.23. The summed E-state index contributed by atoms with van der Waals surface area (Å²) in [5.41, 5.74) is 4.25. The van der Waals surface area contributed by atoms with Crippen molar-refractivity contribution in [3.8, 4) is 0 Å². The Hall–Kier alpha value is -2.10. The van der Waals surface area contributed by atoms with Crippen molar-refractivity contribution in [2.75, 3.05) is 0 Å². The zero-order valence-corrected chi connectivity index (χ0v) is 11.7. The zero-order valence-electron chi connectivity index (χ0n) is 11.7. The number of carbonyl (C=O) groups is 1. The number of imidazole rings is 1. The van der Waals surface area contributed by atoms with Crippen molar-refractivity contribution in [3.05, 3.63) is 41.2 Å². The lowest BCUT2D eigenvalue weighted by Crippen LogP contribution is -2.24. The number of carboxylic acid groups (broad SMARTS) is 1. The molecule has 0 amide bonds. The summed E-state index contributed by atoms with van der Waals surface area (Å²) in [4.78, 5) is 19.4. The van der Waals surface area contributed by atoms with Gasteiger partial charge in [0.2, 0.25) is 0 Å². The van der Waals surface area contributed by atoms with Crippen LogP contribution in [-0.4, -0.2) is 21.0 Å². The van der Waals surface area contributed by atoms with Crippen LogP contribution in [0.4, 0.5) is 0 Å². The summed E-state index contributed by atoms with van der Waals surface area (Å²) in [6.45, 7) is 4.09. The maximum Gasteiger partial charge on any atom is 0.307 e. The van der Waals surface area contributed by atoms with Crippen LogP contribution in [0.3, 0.4) is 0 Å². The summed E-state index contributed by atoms with van der Waals surface area (Å²) in [6, 6.07) is 4.16. The van der Waals surface area contributed by atoms with Gasteiger partial charge in [0.15, 0.2) is 0 Å². The number of carboxylic acids is 1. The first kappa shape index (κ1) is 12.9. The Kier molecular flexibility index (Phi) is 3.08. The molecule has 0 unspecified atom stereocenters. The highest BCUT2D eigenvalue weighted by Gasteiger charge is 2.32. The van der Waals surface area contributed by atoms with Gasteiger partial charge in [0.25, 0.3) is 0 Å². The number of aromatic nitrogens is 2. The summed E-state index contributed by atoms with van der Waals surface area (Å²) >= 11 is 0. The summed E-state index contributed by atoms with van der Waals surface area (Å²) in [5, 5.41) is 9.37. The van der Waals surface area contributed by atoms with Gasteiger partial charge in [0, 0.05) is 5.92 Å². The molecule has 104 valence electrons. The van der Waals surface area contributed by atoms with E-state index in [9.17, 15) is 9.90 Å². The molecule has 0 spiro atoms. The van der Waals surface area contributed by atoms with Crippen LogP contribution < -0.4 is 0 Å². The number of nitrogens with zero attached hydrogens (tertiary/aromatic N) is 1. The number of aliphatic carboxylic acids is 1. The number of aromatic amines is 1. The van der Waals surface area contributed by atoms with Crippen LogP contribution in [0.5, 0.6) is 0 Å². The molecule has 1 heterocycles. The molecule has 0 bridgehead atoms. The molecular formula is C16H18N2O2. The normalized spacial score (nSPS) is 22.3. The summed E-state index contributed by atoms with van der Waals surface area (Å²) < 4.78 is 0. The van der Waals surface area contributed by atoms with Crippen LogP contribution in [0.25, 0.3) is 11.0 Å². The third-order valence-corrected chi connectivity index (χ3v) is 4.04. The fraction of sp³-hybridized carbons (Fsp3) is 0.375. The van der Waals surface area contributed by atoms with Crippen LogP contribution in [0, 0.1) is 19.8 Å². The molecule has 1 aromatic heterocycles. The molecule has 0 saturated carbocycles. The molecule has 4 heteroatoms. The topological polar surface area (TPSA) is 66.0 Å². The Balaban J connectivity index is 2.07. The quantitative estimate of drug-likeness (QED) is 0.823. The van der Waals surface area contributed by atoms with Crippen LogP contribution in [-0.2, 0) is 4.79 Å². The summed E-state index contributed by atoms with van der Waals surface area (Å²) in [5.74, 6) is -0.398. The monoisotopic (exact) mass is 270 g/mol. The van der Waals surface area contributed by atoms with Gasteiger partial charge in [-0.15, -0.1) is 0 Å². The minimum absolute atomic E-state index is 0.0652. The zero-order chi connectivity index (χ0) is 14.3. The highest BCUT2D eigenvalue weighted by atomic mass is 16.4. The van der Waals surface area contributed by atoms with E-state index in [0.717, 1.165) is 28.8 Å². The molecule has 1 aliphatic rings. The molecule has 1 aromatic carbocycles. The standard InChI is InChI=1S/C16H18N2O2/c1-9-7-10(2)14-13(8-9)17-15(18-14)11-5-3-4-6-12(11)16(19)20/h3-4,7-8,11-12H,5-6H2,1-2H3,(H,17,18)(H,19,20)/t11-,12+/m1/s1.